The summed E-state index contributed by atoms with van der Waals surface area (Å²) in [5, 5.41) is 7.90. The molecule has 0 bridgehead atoms. The molecule has 6 aromatic rings. The molecule has 48 heavy (non-hydrogen) atoms. The van der Waals surface area contributed by atoms with Gasteiger partial charge in [0.25, 0.3) is 0 Å². The van der Waals surface area contributed by atoms with Crippen molar-refractivity contribution in [2.24, 2.45) is 11.5 Å². The molecule has 0 aliphatic heterocycles. The number of rotatable bonds is 10. The van der Waals surface area contributed by atoms with Gasteiger partial charge < -0.3 is 29.6 Å². The first-order valence-electron chi connectivity index (χ1n) is 15.1. The molecular formula is C34H36N8O6. The van der Waals surface area contributed by atoms with Gasteiger partial charge in [0.15, 0.2) is 0 Å². The summed E-state index contributed by atoms with van der Waals surface area (Å²) < 4.78 is 13.9. The van der Waals surface area contributed by atoms with Crippen molar-refractivity contribution in [2.45, 2.75) is 67.5 Å². The van der Waals surface area contributed by atoms with Gasteiger partial charge >= 0.3 is 0 Å². The second-order valence-corrected chi connectivity index (χ2v) is 11.8. The fourth-order valence-electron chi connectivity index (χ4n) is 5.76. The molecule has 0 spiro atoms. The molecule has 0 fully saturated rings. The van der Waals surface area contributed by atoms with Crippen LogP contribution >= 0.6 is 0 Å². The number of hydrogen-bond donors (Lipinski definition) is 2. The number of Topliss-reactive ketones (excluding diaryl/α,β-unsaturated/α-hetero) is 2. The predicted octanol–water partition coefficient (Wildman–Crippen LogP) is 3.85. The van der Waals surface area contributed by atoms with Gasteiger partial charge in [-0.15, -0.1) is 0 Å². The van der Waals surface area contributed by atoms with E-state index in [1.54, 1.807) is 36.8 Å². The molecule has 4 heterocycles. The molecule has 4 N–H and O–H groups in total. The molecule has 14 nitrogen and oxygen atoms in total. The average molecular weight is 653 g/mol. The summed E-state index contributed by atoms with van der Waals surface area (Å²) in [4.78, 5) is 55.0. The summed E-state index contributed by atoms with van der Waals surface area (Å²) in [6, 6.07) is 11.1. The Balaban J connectivity index is 0.000000188. The summed E-state index contributed by atoms with van der Waals surface area (Å²) in [5.74, 6) is 1.63. The topological polar surface area (TPSA) is 208 Å². The monoisotopic (exact) mass is 652 g/mol. The highest BCUT2D eigenvalue weighted by molar-refractivity contribution is 5.88. The number of benzene rings is 2. The van der Waals surface area contributed by atoms with Gasteiger partial charge in [0.2, 0.25) is 11.8 Å². The van der Waals surface area contributed by atoms with Gasteiger partial charge in [-0.2, -0.15) is 0 Å². The molecule has 0 atom stereocenters. The van der Waals surface area contributed by atoms with E-state index in [4.69, 9.17) is 20.5 Å². The molecule has 0 saturated carbocycles. The first kappa shape index (κ1) is 33.4. The summed E-state index contributed by atoms with van der Waals surface area (Å²) in [5.41, 5.74) is 18.4. The van der Waals surface area contributed by atoms with Crippen LogP contribution in [0.4, 0.5) is 0 Å². The van der Waals surface area contributed by atoms with Crippen molar-refractivity contribution in [3.8, 4) is 22.8 Å². The molecule has 4 aromatic heterocycles. The van der Waals surface area contributed by atoms with Gasteiger partial charge in [-0.05, 0) is 76.9 Å². The minimum atomic E-state index is -0.473. The van der Waals surface area contributed by atoms with E-state index in [1.807, 2.05) is 50.2 Å². The number of fused-ring (bicyclic) bond motifs is 2. The van der Waals surface area contributed by atoms with Gasteiger partial charge in [-0.1, -0.05) is 22.4 Å². The quantitative estimate of drug-likeness (QED) is 0.218. The maximum absolute atomic E-state index is 11.5. The van der Waals surface area contributed by atoms with E-state index >= 15 is 0 Å². The fraction of sp³-hybridized carbons (Fsp3) is 0.294. The van der Waals surface area contributed by atoms with Crippen molar-refractivity contribution >= 4 is 45.4 Å². The van der Waals surface area contributed by atoms with Crippen LogP contribution in [0.5, 0.6) is 0 Å². The van der Waals surface area contributed by atoms with Crippen LogP contribution in [0, 0.1) is 27.7 Å². The molecule has 248 valence electrons. The zero-order chi connectivity index (χ0) is 34.9. The Kier molecular flexibility index (Phi) is 9.36. The maximum atomic E-state index is 11.5. The molecule has 2 aromatic carbocycles. The highest BCUT2D eigenvalue weighted by atomic mass is 16.5. The first-order valence-corrected chi connectivity index (χ1v) is 15.1. The minimum absolute atomic E-state index is 0.00193. The number of carbonyl (C=O) groups is 4. The summed E-state index contributed by atoms with van der Waals surface area (Å²) in [6.07, 6.45) is 0.678. The Morgan fingerprint density at radius 1 is 0.646 bits per heavy atom. The molecule has 2 amide bonds. The molecule has 14 heteroatoms. The average Bonchev–Trinajstić information content (AvgIpc) is 3.71. The van der Waals surface area contributed by atoms with E-state index in [0.717, 1.165) is 38.8 Å². The third kappa shape index (κ3) is 6.92. The van der Waals surface area contributed by atoms with E-state index in [0.29, 0.717) is 52.9 Å². The number of ketones is 2. The largest absolute Gasteiger partial charge is 0.368 e. The number of primary amides is 2. The van der Waals surface area contributed by atoms with Crippen molar-refractivity contribution < 1.29 is 28.2 Å². The lowest BCUT2D eigenvalue weighted by molar-refractivity contribution is -0.119. The number of aryl methyl sites for hydroxylation is 4. The van der Waals surface area contributed by atoms with Crippen LogP contribution in [0.2, 0.25) is 0 Å². The van der Waals surface area contributed by atoms with E-state index in [1.165, 1.54) is 0 Å². The van der Waals surface area contributed by atoms with Crippen molar-refractivity contribution in [3.63, 3.8) is 0 Å². The number of amides is 2. The van der Waals surface area contributed by atoms with Crippen molar-refractivity contribution in [3.05, 3.63) is 70.4 Å². The maximum Gasteiger partial charge on any atom is 0.237 e. The Hall–Kier alpha value is -5.92. The number of nitrogens with two attached hydrogens (primary N) is 2. The van der Waals surface area contributed by atoms with Crippen molar-refractivity contribution in [1.29, 1.82) is 0 Å². The standard InChI is InChI=1S/2C17H18N4O3/c1-9(22)6-12-4-5-14-13(7-12)19-17(21(14)8-15(18)23)16-10(2)20-24-11(16)3;1-9(22)6-12-4-5-13-14(7-12)21(8-15(18)23)17(19-13)16-10(2)20-24-11(16)3/h2*4-5,7H,6,8H2,1-3H3,(H2,18,23). The number of imidazole rings is 2. The summed E-state index contributed by atoms with van der Waals surface area (Å²) in [7, 11) is 0. The molecule has 0 aliphatic rings. The van der Waals surface area contributed by atoms with E-state index < -0.39 is 11.8 Å². The molecule has 6 rings (SSSR count). The number of carbonyl (C=O) groups excluding carboxylic acids is 4. The highest BCUT2D eigenvalue weighted by Gasteiger charge is 2.22. The number of nitrogens with zero attached hydrogens (tertiary/aromatic N) is 6. The lowest BCUT2D eigenvalue weighted by Crippen LogP contribution is -2.19. The number of hydrogen-bond acceptors (Lipinski definition) is 10. The van der Waals surface area contributed by atoms with Crippen LogP contribution in [-0.2, 0) is 45.1 Å². The van der Waals surface area contributed by atoms with E-state index in [2.05, 4.69) is 20.3 Å². The highest BCUT2D eigenvalue weighted by Crippen LogP contribution is 2.31. The molecule has 0 unspecified atom stereocenters. The van der Waals surface area contributed by atoms with Gasteiger partial charge in [-0.25, -0.2) is 9.97 Å². The van der Waals surface area contributed by atoms with Gasteiger partial charge in [0.1, 0.15) is 47.8 Å². The van der Waals surface area contributed by atoms with Crippen LogP contribution in [0.25, 0.3) is 44.8 Å². The zero-order valence-electron chi connectivity index (χ0n) is 27.6. The fourth-order valence-corrected chi connectivity index (χ4v) is 5.76. The van der Waals surface area contributed by atoms with Crippen molar-refractivity contribution in [1.82, 2.24) is 29.4 Å². The molecule has 0 radical (unpaired) electrons. The second-order valence-electron chi connectivity index (χ2n) is 11.8. The summed E-state index contributed by atoms with van der Waals surface area (Å²) in [6.45, 7) is 10.3. The van der Waals surface area contributed by atoms with Crippen LogP contribution < -0.4 is 11.5 Å². The normalized spacial score (nSPS) is 11.1. The van der Waals surface area contributed by atoms with Gasteiger partial charge in [0.05, 0.1) is 44.6 Å². The SMILES string of the molecule is CC(=O)Cc1ccc2c(c1)nc(-c1c(C)noc1C)n2CC(N)=O.CC(=O)Cc1ccc2nc(-c3c(C)noc3C)n(CC(N)=O)c2c1. The predicted molar refractivity (Wildman–Crippen MR) is 177 cm³/mol. The van der Waals surface area contributed by atoms with Gasteiger partial charge in [-0.3, -0.25) is 19.2 Å². The molecule has 0 saturated heterocycles. The van der Waals surface area contributed by atoms with Crippen LogP contribution in [0.1, 0.15) is 47.9 Å². The third-order valence-corrected chi connectivity index (χ3v) is 7.67. The van der Waals surface area contributed by atoms with Crippen molar-refractivity contribution in [2.75, 3.05) is 0 Å². The Morgan fingerprint density at radius 3 is 1.56 bits per heavy atom. The zero-order valence-corrected chi connectivity index (χ0v) is 27.6. The number of aromatic nitrogens is 6. The lowest BCUT2D eigenvalue weighted by atomic mass is 10.1. The minimum Gasteiger partial charge on any atom is -0.368 e. The van der Waals surface area contributed by atoms with Crippen LogP contribution in [0.15, 0.2) is 45.4 Å². The van der Waals surface area contributed by atoms with E-state index in [-0.39, 0.29) is 24.7 Å². The van der Waals surface area contributed by atoms with Crippen LogP contribution in [-0.4, -0.2) is 52.8 Å². The lowest BCUT2D eigenvalue weighted by Gasteiger charge is -2.07. The smallest absolute Gasteiger partial charge is 0.237 e. The Bertz CT molecular complexity index is 2130. The Labute approximate surface area is 275 Å². The second kappa shape index (κ2) is 13.4. The van der Waals surface area contributed by atoms with Crippen LogP contribution in [0.3, 0.4) is 0 Å². The first-order chi connectivity index (χ1) is 22.7. The summed E-state index contributed by atoms with van der Waals surface area (Å²) >= 11 is 0. The third-order valence-electron chi connectivity index (χ3n) is 7.67. The van der Waals surface area contributed by atoms with Gasteiger partial charge in [0, 0.05) is 12.8 Å². The Morgan fingerprint density at radius 2 is 1.10 bits per heavy atom. The molecular weight excluding hydrogens is 616 g/mol. The van der Waals surface area contributed by atoms with E-state index in [9.17, 15) is 19.2 Å². The molecule has 0 aliphatic carbocycles.